The summed E-state index contributed by atoms with van der Waals surface area (Å²) in [6.45, 7) is 0.204. The summed E-state index contributed by atoms with van der Waals surface area (Å²) < 4.78 is 10.9. The van der Waals surface area contributed by atoms with Crippen LogP contribution in [0.2, 0.25) is 5.02 Å². The first-order valence-electron chi connectivity index (χ1n) is 10.7. The number of carbonyl (C=O) groups is 2. The van der Waals surface area contributed by atoms with E-state index in [9.17, 15) is 9.59 Å². The summed E-state index contributed by atoms with van der Waals surface area (Å²) in [7, 11) is 3.44. The minimum absolute atomic E-state index is 0.0541. The van der Waals surface area contributed by atoms with Crippen LogP contribution in [0.5, 0.6) is 11.5 Å². The van der Waals surface area contributed by atoms with Crippen LogP contribution in [-0.4, -0.2) is 37.6 Å². The van der Waals surface area contributed by atoms with Crippen LogP contribution < -0.4 is 14.8 Å². The average molecular weight is 463 g/mol. The molecule has 6 nitrogen and oxygen atoms in total. The molecule has 1 heterocycles. The fourth-order valence-corrected chi connectivity index (χ4v) is 4.32. The molecule has 3 aromatic carbocycles. The van der Waals surface area contributed by atoms with Gasteiger partial charge >= 0.3 is 0 Å². The van der Waals surface area contributed by atoms with Gasteiger partial charge in [0.25, 0.3) is 5.91 Å². The Balaban J connectivity index is 1.37. The highest BCUT2D eigenvalue weighted by molar-refractivity contribution is 6.33. The van der Waals surface area contributed by atoms with E-state index < -0.39 is 5.41 Å². The quantitative estimate of drug-likeness (QED) is 0.572. The summed E-state index contributed by atoms with van der Waals surface area (Å²) in [5.41, 5.74) is 3.28. The third-order valence-corrected chi connectivity index (χ3v) is 6.51. The highest BCUT2D eigenvalue weighted by Crippen LogP contribution is 2.51. The Morgan fingerprint density at radius 1 is 0.939 bits per heavy atom. The maximum absolute atomic E-state index is 13.3. The van der Waals surface area contributed by atoms with E-state index in [1.54, 1.807) is 38.4 Å². The zero-order valence-electron chi connectivity index (χ0n) is 18.4. The van der Waals surface area contributed by atoms with Crippen LogP contribution >= 0.6 is 11.6 Å². The number of hydrogen-bond donors (Lipinski definition) is 1. The number of fused-ring (bicyclic) bond motifs is 1. The molecule has 2 amide bonds. The molecule has 1 fully saturated rings. The summed E-state index contributed by atoms with van der Waals surface area (Å²) >= 11 is 6.46. The van der Waals surface area contributed by atoms with Crippen molar-refractivity contribution in [3.63, 3.8) is 0 Å². The maximum Gasteiger partial charge on any atom is 0.253 e. The third kappa shape index (κ3) is 3.91. The predicted octanol–water partition coefficient (Wildman–Crippen LogP) is 5.11. The molecule has 33 heavy (non-hydrogen) atoms. The van der Waals surface area contributed by atoms with E-state index in [4.69, 9.17) is 21.1 Å². The van der Waals surface area contributed by atoms with Gasteiger partial charge in [-0.25, -0.2) is 0 Å². The van der Waals surface area contributed by atoms with Gasteiger partial charge in [0.1, 0.15) is 0 Å². The van der Waals surface area contributed by atoms with E-state index in [0.29, 0.717) is 27.8 Å². The lowest BCUT2D eigenvalue weighted by Crippen LogP contribution is -2.27. The molecule has 0 unspecified atom stereocenters. The monoisotopic (exact) mass is 462 g/mol. The Kier molecular flexibility index (Phi) is 5.25. The van der Waals surface area contributed by atoms with Crippen LogP contribution in [0.3, 0.4) is 0 Å². The fraction of sp³-hybridized carbons (Fsp3) is 0.231. The van der Waals surface area contributed by atoms with Crippen molar-refractivity contribution in [1.29, 1.82) is 0 Å². The van der Waals surface area contributed by atoms with Crippen molar-refractivity contribution in [2.45, 2.75) is 18.3 Å². The van der Waals surface area contributed by atoms with Crippen LogP contribution in [0.4, 0.5) is 5.69 Å². The molecule has 0 saturated heterocycles. The van der Waals surface area contributed by atoms with Crippen molar-refractivity contribution in [1.82, 2.24) is 4.90 Å². The average Bonchev–Trinajstić information content (AvgIpc) is 3.50. The Bertz CT molecular complexity index is 1250. The Labute approximate surface area is 197 Å². The highest BCUT2D eigenvalue weighted by atomic mass is 35.5. The zero-order valence-corrected chi connectivity index (χ0v) is 19.1. The van der Waals surface area contributed by atoms with Gasteiger partial charge in [-0.3, -0.25) is 9.59 Å². The number of halogens is 1. The van der Waals surface area contributed by atoms with E-state index in [1.165, 1.54) is 4.90 Å². The number of carbonyl (C=O) groups excluding carboxylic acids is 2. The lowest BCUT2D eigenvalue weighted by Gasteiger charge is -2.17. The number of nitrogens with one attached hydrogen (secondary N) is 1. The molecule has 1 aliphatic carbocycles. The minimum atomic E-state index is -0.561. The van der Waals surface area contributed by atoms with E-state index >= 15 is 0 Å². The number of nitrogens with zero attached hydrogens (tertiary/aromatic N) is 1. The maximum atomic E-state index is 13.3. The van der Waals surface area contributed by atoms with Crippen molar-refractivity contribution in [2.75, 3.05) is 26.2 Å². The first kappa shape index (κ1) is 21.3. The van der Waals surface area contributed by atoms with Gasteiger partial charge in [0.2, 0.25) is 12.7 Å². The van der Waals surface area contributed by atoms with Gasteiger partial charge in [0, 0.05) is 35.9 Å². The van der Waals surface area contributed by atoms with Crippen LogP contribution in [0.25, 0.3) is 11.1 Å². The Morgan fingerprint density at radius 3 is 2.36 bits per heavy atom. The first-order valence-corrected chi connectivity index (χ1v) is 11.1. The third-order valence-electron chi connectivity index (χ3n) is 6.18. The van der Waals surface area contributed by atoms with Crippen LogP contribution in [0.1, 0.15) is 28.8 Å². The largest absolute Gasteiger partial charge is 0.454 e. The molecule has 0 aromatic heterocycles. The molecular weight excluding hydrogens is 440 g/mol. The van der Waals surface area contributed by atoms with E-state index in [-0.39, 0.29) is 18.6 Å². The Hall–Kier alpha value is -3.51. The minimum Gasteiger partial charge on any atom is -0.454 e. The summed E-state index contributed by atoms with van der Waals surface area (Å²) in [6, 6.07) is 18.4. The van der Waals surface area contributed by atoms with Crippen LogP contribution in [-0.2, 0) is 10.2 Å². The summed E-state index contributed by atoms with van der Waals surface area (Å²) in [4.78, 5) is 26.9. The summed E-state index contributed by atoms with van der Waals surface area (Å²) in [5.74, 6) is 1.26. The molecule has 2 aliphatic rings. The fourth-order valence-electron chi connectivity index (χ4n) is 4.09. The van der Waals surface area contributed by atoms with Gasteiger partial charge in [-0.2, -0.15) is 0 Å². The zero-order chi connectivity index (χ0) is 23.2. The standard InChI is InChI=1S/C26H23ClN2O4/c1-29(2)24(30)17-5-3-16(4-6-17)20-14-19(8-9-21(20)27)28-25(31)26(11-12-26)18-7-10-22-23(13-18)33-15-32-22/h3-10,13-14H,11-12,15H2,1-2H3,(H,28,31). The van der Waals surface area contributed by atoms with E-state index in [1.807, 2.05) is 36.4 Å². The molecule has 0 bridgehead atoms. The van der Waals surface area contributed by atoms with Crippen molar-refractivity contribution < 1.29 is 19.1 Å². The number of rotatable bonds is 5. The second-order valence-corrected chi connectivity index (χ2v) is 8.98. The van der Waals surface area contributed by atoms with Gasteiger partial charge in [-0.15, -0.1) is 0 Å². The number of benzene rings is 3. The van der Waals surface area contributed by atoms with Crippen molar-refractivity contribution in [2.24, 2.45) is 0 Å². The number of hydrogen-bond acceptors (Lipinski definition) is 4. The van der Waals surface area contributed by atoms with Gasteiger partial charge in [0.05, 0.1) is 5.41 Å². The molecule has 168 valence electrons. The van der Waals surface area contributed by atoms with E-state index in [2.05, 4.69) is 5.32 Å². The highest BCUT2D eigenvalue weighted by Gasteiger charge is 2.51. The molecule has 7 heteroatoms. The van der Waals surface area contributed by atoms with Crippen molar-refractivity contribution >= 4 is 29.1 Å². The molecule has 0 spiro atoms. The first-order chi connectivity index (χ1) is 15.9. The van der Waals surface area contributed by atoms with Gasteiger partial charge in [0.15, 0.2) is 11.5 Å². The van der Waals surface area contributed by atoms with Gasteiger partial charge in [-0.05, 0) is 66.4 Å². The number of anilines is 1. The second kappa shape index (κ2) is 8.12. The summed E-state index contributed by atoms with van der Waals surface area (Å²) in [5, 5.41) is 3.63. The normalized spacial score (nSPS) is 15.1. The van der Waals surface area contributed by atoms with Crippen molar-refractivity contribution in [3.05, 3.63) is 76.8 Å². The smallest absolute Gasteiger partial charge is 0.253 e. The van der Waals surface area contributed by atoms with Gasteiger partial charge < -0.3 is 19.7 Å². The lowest BCUT2D eigenvalue weighted by molar-refractivity contribution is -0.118. The Morgan fingerprint density at radius 2 is 1.67 bits per heavy atom. The lowest BCUT2D eigenvalue weighted by atomic mass is 9.94. The molecule has 1 N–H and O–H groups in total. The van der Waals surface area contributed by atoms with Crippen LogP contribution in [0, 0.1) is 0 Å². The molecule has 0 atom stereocenters. The van der Waals surface area contributed by atoms with Crippen LogP contribution in [0.15, 0.2) is 60.7 Å². The predicted molar refractivity (Wildman–Crippen MR) is 127 cm³/mol. The molecular formula is C26H23ClN2O4. The van der Waals surface area contributed by atoms with E-state index in [0.717, 1.165) is 29.5 Å². The molecule has 1 saturated carbocycles. The number of amides is 2. The molecule has 5 rings (SSSR count). The second-order valence-electron chi connectivity index (χ2n) is 8.58. The summed E-state index contributed by atoms with van der Waals surface area (Å²) in [6.07, 6.45) is 1.56. The van der Waals surface area contributed by atoms with Crippen molar-refractivity contribution in [3.8, 4) is 22.6 Å². The SMILES string of the molecule is CN(C)C(=O)c1ccc(-c2cc(NC(=O)C3(c4ccc5c(c4)OCO5)CC3)ccc2Cl)cc1. The molecule has 0 radical (unpaired) electrons. The molecule has 3 aromatic rings. The topological polar surface area (TPSA) is 67.9 Å². The number of ether oxygens (including phenoxy) is 2. The molecule has 1 aliphatic heterocycles. The van der Waals surface area contributed by atoms with Gasteiger partial charge in [-0.1, -0.05) is 29.8 Å².